The molecule has 0 saturated heterocycles. The summed E-state index contributed by atoms with van der Waals surface area (Å²) < 4.78 is 17.9. The molecule has 1 aromatic carbocycles. The number of hydrogen-bond acceptors (Lipinski definition) is 2. The van der Waals surface area contributed by atoms with Gasteiger partial charge in [0.15, 0.2) is 0 Å². The van der Waals surface area contributed by atoms with Gasteiger partial charge in [0.2, 0.25) is 0 Å². The highest BCUT2D eigenvalue weighted by Gasteiger charge is 2.06. The van der Waals surface area contributed by atoms with Crippen LogP contribution in [0.3, 0.4) is 0 Å². The van der Waals surface area contributed by atoms with Crippen molar-refractivity contribution in [2.24, 2.45) is 0 Å². The predicted octanol–water partition coefficient (Wildman–Crippen LogP) is 2.28. The van der Waals surface area contributed by atoms with Crippen LogP contribution in [-0.2, 0) is 4.74 Å². The van der Waals surface area contributed by atoms with Crippen LogP contribution in [0.2, 0.25) is 0 Å². The Hall–Kier alpha value is -0.930. The van der Waals surface area contributed by atoms with E-state index in [0.717, 1.165) is 5.56 Å². The van der Waals surface area contributed by atoms with E-state index in [1.165, 1.54) is 12.1 Å². The predicted molar refractivity (Wildman–Crippen MR) is 52.4 cm³/mol. The van der Waals surface area contributed by atoms with Gasteiger partial charge in [-0.1, -0.05) is 12.1 Å². The van der Waals surface area contributed by atoms with Crippen LogP contribution < -0.4 is 0 Å². The average Bonchev–Trinajstić information content (AvgIpc) is 2.15. The van der Waals surface area contributed by atoms with Crippen LogP contribution in [0.1, 0.15) is 25.5 Å². The van der Waals surface area contributed by atoms with Crippen LogP contribution in [-0.4, -0.2) is 17.8 Å². The molecule has 0 saturated carbocycles. The van der Waals surface area contributed by atoms with Crippen molar-refractivity contribution in [1.29, 1.82) is 0 Å². The summed E-state index contributed by atoms with van der Waals surface area (Å²) in [5.41, 5.74) is 0.909. The van der Waals surface area contributed by atoms with Gasteiger partial charge < -0.3 is 9.84 Å². The molecule has 0 aromatic heterocycles. The number of benzene rings is 1. The van der Waals surface area contributed by atoms with Gasteiger partial charge in [0.05, 0.1) is 18.8 Å². The number of hydrogen-bond donors (Lipinski definition) is 1. The monoisotopic (exact) mass is 198 g/mol. The van der Waals surface area contributed by atoms with Crippen LogP contribution >= 0.6 is 0 Å². The fraction of sp³-hybridized carbons (Fsp3) is 0.455. The van der Waals surface area contributed by atoms with E-state index in [1.54, 1.807) is 19.1 Å². The minimum absolute atomic E-state index is 0.120. The Kier molecular flexibility index (Phi) is 4.04. The molecule has 0 aliphatic heterocycles. The third kappa shape index (κ3) is 3.44. The molecule has 1 aromatic rings. The number of aliphatic hydroxyl groups excluding tert-OH is 1. The van der Waals surface area contributed by atoms with Gasteiger partial charge >= 0.3 is 0 Å². The van der Waals surface area contributed by atoms with Crippen molar-refractivity contribution in [3.05, 3.63) is 35.6 Å². The van der Waals surface area contributed by atoms with Crippen LogP contribution in [0.15, 0.2) is 24.3 Å². The van der Waals surface area contributed by atoms with Crippen molar-refractivity contribution in [3.63, 3.8) is 0 Å². The lowest BCUT2D eigenvalue weighted by Gasteiger charge is -2.14. The molecule has 0 aliphatic rings. The lowest BCUT2D eigenvalue weighted by molar-refractivity contribution is 0.00447. The molecule has 1 rings (SSSR count). The molecule has 78 valence electrons. The Labute approximate surface area is 83.3 Å². The molecule has 0 bridgehead atoms. The second-order valence-electron chi connectivity index (χ2n) is 3.38. The summed E-state index contributed by atoms with van der Waals surface area (Å²) in [6.45, 7) is 3.82. The zero-order valence-corrected chi connectivity index (χ0v) is 8.40. The third-order valence-electron chi connectivity index (χ3n) is 1.93. The van der Waals surface area contributed by atoms with Gasteiger partial charge in [-0.25, -0.2) is 4.39 Å². The first kappa shape index (κ1) is 11.1. The number of halogens is 1. The molecule has 0 aliphatic carbocycles. The van der Waals surface area contributed by atoms with Crippen LogP contribution in [0.4, 0.5) is 4.39 Å². The maximum atomic E-state index is 12.6. The molecule has 0 heterocycles. The van der Waals surface area contributed by atoms with Crippen molar-refractivity contribution in [1.82, 2.24) is 0 Å². The molecule has 0 unspecified atom stereocenters. The highest BCUT2D eigenvalue weighted by atomic mass is 19.1. The van der Waals surface area contributed by atoms with E-state index in [1.807, 2.05) is 6.92 Å². The summed E-state index contributed by atoms with van der Waals surface area (Å²) in [5.74, 6) is -0.253. The summed E-state index contributed by atoms with van der Waals surface area (Å²) >= 11 is 0. The molecule has 0 radical (unpaired) electrons. The van der Waals surface area contributed by atoms with Crippen LogP contribution in [0.5, 0.6) is 0 Å². The smallest absolute Gasteiger partial charge is 0.123 e. The second kappa shape index (κ2) is 5.08. The molecular formula is C11H15FO2. The second-order valence-corrected chi connectivity index (χ2v) is 3.38. The maximum Gasteiger partial charge on any atom is 0.123 e. The fourth-order valence-corrected chi connectivity index (χ4v) is 1.11. The molecule has 0 spiro atoms. The minimum Gasteiger partial charge on any atom is -0.391 e. The van der Waals surface area contributed by atoms with E-state index in [2.05, 4.69) is 0 Å². The lowest BCUT2D eigenvalue weighted by Crippen LogP contribution is -2.12. The van der Waals surface area contributed by atoms with Crippen molar-refractivity contribution in [2.45, 2.75) is 26.1 Å². The summed E-state index contributed by atoms with van der Waals surface area (Å²) in [5, 5.41) is 9.01. The molecule has 3 heteroatoms. The van der Waals surface area contributed by atoms with E-state index < -0.39 is 6.10 Å². The molecule has 0 amide bonds. The average molecular weight is 198 g/mol. The van der Waals surface area contributed by atoms with E-state index in [4.69, 9.17) is 9.84 Å². The highest BCUT2D eigenvalue weighted by Crippen LogP contribution is 2.16. The summed E-state index contributed by atoms with van der Waals surface area (Å²) in [6, 6.07) is 6.17. The molecule has 1 N–H and O–H groups in total. The molecule has 2 nitrogen and oxygen atoms in total. The van der Waals surface area contributed by atoms with E-state index in [9.17, 15) is 4.39 Å². The first-order chi connectivity index (χ1) is 6.59. The maximum absolute atomic E-state index is 12.6. The van der Waals surface area contributed by atoms with E-state index >= 15 is 0 Å². The van der Waals surface area contributed by atoms with Gasteiger partial charge in [-0.05, 0) is 31.5 Å². The Bertz CT molecular complexity index is 269. The Morgan fingerprint density at radius 1 is 1.29 bits per heavy atom. The highest BCUT2D eigenvalue weighted by molar-refractivity contribution is 5.18. The van der Waals surface area contributed by atoms with Crippen LogP contribution in [0.25, 0.3) is 0 Å². The number of aliphatic hydroxyl groups is 1. The summed E-state index contributed by atoms with van der Waals surface area (Å²) in [7, 11) is 0. The van der Waals surface area contributed by atoms with Crippen LogP contribution in [0, 0.1) is 5.82 Å². The summed E-state index contributed by atoms with van der Waals surface area (Å²) in [6.07, 6.45) is -0.594. The first-order valence-corrected chi connectivity index (χ1v) is 4.64. The van der Waals surface area contributed by atoms with Gasteiger partial charge in [0.25, 0.3) is 0 Å². The van der Waals surface area contributed by atoms with E-state index in [0.29, 0.717) is 6.61 Å². The fourth-order valence-electron chi connectivity index (χ4n) is 1.11. The van der Waals surface area contributed by atoms with Gasteiger partial charge in [-0.15, -0.1) is 0 Å². The van der Waals surface area contributed by atoms with Crippen molar-refractivity contribution < 1.29 is 14.2 Å². The minimum atomic E-state index is -0.474. The molecule has 0 fully saturated rings. The molecule has 2 atom stereocenters. The van der Waals surface area contributed by atoms with Gasteiger partial charge in [0.1, 0.15) is 5.82 Å². The van der Waals surface area contributed by atoms with Crippen molar-refractivity contribution >= 4 is 0 Å². The van der Waals surface area contributed by atoms with Gasteiger partial charge in [0, 0.05) is 0 Å². The normalized spacial score (nSPS) is 15.1. The third-order valence-corrected chi connectivity index (χ3v) is 1.93. The zero-order chi connectivity index (χ0) is 10.6. The zero-order valence-electron chi connectivity index (χ0n) is 8.40. The Morgan fingerprint density at radius 2 is 1.86 bits per heavy atom. The quantitative estimate of drug-likeness (QED) is 0.804. The van der Waals surface area contributed by atoms with Crippen molar-refractivity contribution in [2.75, 3.05) is 6.61 Å². The van der Waals surface area contributed by atoms with Crippen molar-refractivity contribution in [3.8, 4) is 0 Å². The molecular weight excluding hydrogens is 183 g/mol. The Morgan fingerprint density at radius 3 is 2.36 bits per heavy atom. The first-order valence-electron chi connectivity index (χ1n) is 4.64. The number of rotatable bonds is 4. The topological polar surface area (TPSA) is 29.5 Å². The summed E-state index contributed by atoms with van der Waals surface area (Å²) in [4.78, 5) is 0. The largest absolute Gasteiger partial charge is 0.391 e. The van der Waals surface area contributed by atoms with Gasteiger partial charge in [-0.2, -0.15) is 0 Å². The number of ether oxygens (including phenoxy) is 1. The Balaban J connectivity index is 2.52. The van der Waals surface area contributed by atoms with Gasteiger partial charge in [-0.3, -0.25) is 0 Å². The SMILES string of the molecule is C[C@@H](O)CO[C@H](C)c1ccc(F)cc1. The standard InChI is InChI=1S/C11H15FO2/c1-8(13)7-14-9(2)10-3-5-11(12)6-4-10/h3-6,8-9,13H,7H2,1-2H3/t8-,9-/m1/s1. The lowest BCUT2D eigenvalue weighted by atomic mass is 10.1. The molecule has 14 heavy (non-hydrogen) atoms. The van der Waals surface area contributed by atoms with E-state index in [-0.39, 0.29) is 11.9 Å².